The summed E-state index contributed by atoms with van der Waals surface area (Å²) in [5, 5.41) is 2.65. The number of nitrogens with zero attached hydrogens (tertiary/aromatic N) is 1. The summed E-state index contributed by atoms with van der Waals surface area (Å²) in [6.07, 6.45) is -3.26. The van der Waals surface area contributed by atoms with Crippen LogP contribution in [-0.4, -0.2) is 36.8 Å². The molecule has 9 heteroatoms. The summed E-state index contributed by atoms with van der Waals surface area (Å²) >= 11 is 0. The molecule has 0 bridgehead atoms. The molecule has 0 saturated carbocycles. The SMILES string of the molecule is CC(CN)CNC(=O)c1ccc(OCC(F)(F)F)nc1.Cl. The first kappa shape index (κ1) is 19.5. The fraction of sp³-hybridized carbons (Fsp3) is 0.500. The topological polar surface area (TPSA) is 77.2 Å². The van der Waals surface area contributed by atoms with Gasteiger partial charge in [0.05, 0.1) is 5.56 Å². The highest BCUT2D eigenvalue weighted by molar-refractivity contribution is 5.93. The van der Waals surface area contributed by atoms with E-state index in [0.29, 0.717) is 13.1 Å². The molecular formula is C12H17ClF3N3O2. The number of halogens is 4. The van der Waals surface area contributed by atoms with Crippen LogP contribution in [0.25, 0.3) is 0 Å². The van der Waals surface area contributed by atoms with E-state index in [-0.39, 0.29) is 35.7 Å². The van der Waals surface area contributed by atoms with Crippen LogP contribution in [0.15, 0.2) is 18.3 Å². The van der Waals surface area contributed by atoms with Crippen LogP contribution in [0, 0.1) is 5.92 Å². The van der Waals surface area contributed by atoms with Gasteiger partial charge in [-0.05, 0) is 18.5 Å². The van der Waals surface area contributed by atoms with Gasteiger partial charge in [-0.1, -0.05) is 6.92 Å². The Hall–Kier alpha value is -1.54. The minimum Gasteiger partial charge on any atom is -0.468 e. The fourth-order valence-corrected chi connectivity index (χ4v) is 1.21. The Bertz CT molecular complexity index is 440. The number of amides is 1. The van der Waals surface area contributed by atoms with E-state index in [1.807, 2.05) is 6.92 Å². The van der Waals surface area contributed by atoms with E-state index in [1.165, 1.54) is 12.1 Å². The van der Waals surface area contributed by atoms with Crippen molar-refractivity contribution in [2.24, 2.45) is 11.7 Å². The number of pyridine rings is 1. The first-order chi connectivity index (χ1) is 9.31. The molecule has 1 aromatic heterocycles. The standard InChI is InChI=1S/C12H16F3N3O2.ClH/c1-8(4-16)5-18-11(19)9-2-3-10(17-6-9)20-7-12(13,14)15;/h2-3,6,8H,4-5,7,16H2,1H3,(H,18,19);1H. The molecule has 21 heavy (non-hydrogen) atoms. The first-order valence-electron chi connectivity index (χ1n) is 5.95. The number of ether oxygens (including phenoxy) is 1. The third kappa shape index (κ3) is 7.72. The molecule has 1 rings (SSSR count). The summed E-state index contributed by atoms with van der Waals surface area (Å²) in [6.45, 7) is 1.33. The van der Waals surface area contributed by atoms with Crippen molar-refractivity contribution in [3.8, 4) is 5.88 Å². The molecule has 0 radical (unpaired) electrons. The van der Waals surface area contributed by atoms with E-state index in [0.717, 1.165) is 6.20 Å². The van der Waals surface area contributed by atoms with Crippen molar-refractivity contribution in [1.29, 1.82) is 0 Å². The maximum absolute atomic E-state index is 11.9. The van der Waals surface area contributed by atoms with Gasteiger partial charge in [-0.3, -0.25) is 4.79 Å². The lowest BCUT2D eigenvalue weighted by atomic mass is 10.2. The zero-order valence-electron chi connectivity index (χ0n) is 11.3. The third-order valence-corrected chi connectivity index (χ3v) is 2.40. The maximum Gasteiger partial charge on any atom is 0.422 e. The van der Waals surface area contributed by atoms with Crippen LogP contribution in [0.3, 0.4) is 0 Å². The molecule has 0 fully saturated rings. The Kier molecular flexibility index (Phi) is 8.05. The molecule has 1 heterocycles. The van der Waals surface area contributed by atoms with E-state index in [9.17, 15) is 18.0 Å². The molecule has 3 N–H and O–H groups in total. The second-order valence-corrected chi connectivity index (χ2v) is 4.34. The van der Waals surface area contributed by atoms with Gasteiger partial charge < -0.3 is 15.8 Å². The van der Waals surface area contributed by atoms with Crippen molar-refractivity contribution in [3.05, 3.63) is 23.9 Å². The minimum absolute atomic E-state index is 0. The highest BCUT2D eigenvalue weighted by atomic mass is 35.5. The van der Waals surface area contributed by atoms with Gasteiger partial charge in [0.2, 0.25) is 5.88 Å². The predicted molar refractivity (Wildman–Crippen MR) is 73.6 cm³/mol. The van der Waals surface area contributed by atoms with E-state index >= 15 is 0 Å². The first-order valence-corrected chi connectivity index (χ1v) is 5.95. The number of alkyl halides is 3. The number of carbonyl (C=O) groups excluding carboxylic acids is 1. The van der Waals surface area contributed by atoms with E-state index < -0.39 is 12.8 Å². The van der Waals surface area contributed by atoms with E-state index in [1.54, 1.807) is 0 Å². The van der Waals surface area contributed by atoms with Crippen molar-refractivity contribution < 1.29 is 22.7 Å². The quantitative estimate of drug-likeness (QED) is 0.835. The zero-order valence-corrected chi connectivity index (χ0v) is 12.1. The van der Waals surface area contributed by atoms with Gasteiger partial charge in [0.1, 0.15) is 0 Å². The number of aromatic nitrogens is 1. The Morgan fingerprint density at radius 1 is 1.48 bits per heavy atom. The Morgan fingerprint density at radius 3 is 2.62 bits per heavy atom. The number of nitrogens with two attached hydrogens (primary N) is 1. The van der Waals surface area contributed by atoms with Gasteiger partial charge in [0, 0.05) is 18.8 Å². The molecule has 0 aliphatic rings. The maximum atomic E-state index is 11.9. The van der Waals surface area contributed by atoms with Gasteiger partial charge in [0.15, 0.2) is 6.61 Å². The van der Waals surface area contributed by atoms with Crippen molar-refractivity contribution in [2.45, 2.75) is 13.1 Å². The summed E-state index contributed by atoms with van der Waals surface area (Å²) in [7, 11) is 0. The lowest BCUT2D eigenvalue weighted by molar-refractivity contribution is -0.154. The Labute approximate surface area is 126 Å². The molecule has 0 spiro atoms. The molecule has 1 atom stereocenters. The molecule has 5 nitrogen and oxygen atoms in total. The van der Waals surface area contributed by atoms with Gasteiger partial charge in [-0.2, -0.15) is 13.2 Å². The van der Waals surface area contributed by atoms with Gasteiger partial charge in [-0.15, -0.1) is 12.4 Å². The molecular weight excluding hydrogens is 311 g/mol. The Balaban J connectivity index is 0.00000400. The number of hydrogen-bond donors (Lipinski definition) is 2. The number of rotatable bonds is 6. The average molecular weight is 328 g/mol. The normalized spacial score (nSPS) is 12.2. The highest BCUT2D eigenvalue weighted by Gasteiger charge is 2.28. The molecule has 0 aliphatic carbocycles. The van der Waals surface area contributed by atoms with Crippen molar-refractivity contribution in [1.82, 2.24) is 10.3 Å². The smallest absolute Gasteiger partial charge is 0.422 e. The largest absolute Gasteiger partial charge is 0.468 e. The minimum atomic E-state index is -4.42. The number of carbonyl (C=O) groups is 1. The van der Waals surface area contributed by atoms with E-state index in [2.05, 4.69) is 15.0 Å². The predicted octanol–water partition coefficient (Wildman–Crippen LogP) is 1.77. The second-order valence-electron chi connectivity index (χ2n) is 4.34. The van der Waals surface area contributed by atoms with Crippen molar-refractivity contribution in [3.63, 3.8) is 0 Å². The van der Waals surface area contributed by atoms with Crippen molar-refractivity contribution >= 4 is 18.3 Å². The summed E-state index contributed by atoms with van der Waals surface area (Å²) in [6, 6.07) is 2.56. The zero-order chi connectivity index (χ0) is 15.2. The van der Waals surface area contributed by atoms with Crippen molar-refractivity contribution in [2.75, 3.05) is 19.7 Å². The number of hydrogen-bond acceptors (Lipinski definition) is 4. The van der Waals surface area contributed by atoms with Gasteiger partial charge in [-0.25, -0.2) is 4.98 Å². The van der Waals surface area contributed by atoms with Crippen LogP contribution in [0.2, 0.25) is 0 Å². The molecule has 0 saturated heterocycles. The van der Waals surface area contributed by atoms with Crippen LogP contribution >= 0.6 is 12.4 Å². The third-order valence-electron chi connectivity index (χ3n) is 2.40. The summed E-state index contributed by atoms with van der Waals surface area (Å²) in [5.74, 6) is -0.407. The Morgan fingerprint density at radius 2 is 2.14 bits per heavy atom. The van der Waals surface area contributed by atoms with Gasteiger partial charge in [0.25, 0.3) is 5.91 Å². The summed E-state index contributed by atoms with van der Waals surface area (Å²) in [5.41, 5.74) is 5.66. The molecule has 120 valence electrons. The lowest BCUT2D eigenvalue weighted by Crippen LogP contribution is -2.31. The lowest BCUT2D eigenvalue weighted by Gasteiger charge is -2.11. The number of nitrogens with one attached hydrogen (secondary N) is 1. The molecule has 0 aromatic carbocycles. The van der Waals surface area contributed by atoms with Crippen LogP contribution in [0.1, 0.15) is 17.3 Å². The van der Waals surface area contributed by atoms with Crippen LogP contribution in [0.4, 0.5) is 13.2 Å². The molecule has 1 aromatic rings. The fourth-order valence-electron chi connectivity index (χ4n) is 1.21. The molecule has 0 aliphatic heterocycles. The van der Waals surface area contributed by atoms with Crippen LogP contribution in [-0.2, 0) is 0 Å². The van der Waals surface area contributed by atoms with Crippen LogP contribution in [0.5, 0.6) is 5.88 Å². The van der Waals surface area contributed by atoms with Gasteiger partial charge >= 0.3 is 6.18 Å². The summed E-state index contributed by atoms with van der Waals surface area (Å²) < 4.78 is 40.2. The van der Waals surface area contributed by atoms with E-state index in [4.69, 9.17) is 5.73 Å². The molecule has 1 amide bonds. The summed E-state index contributed by atoms with van der Waals surface area (Å²) in [4.78, 5) is 15.3. The van der Waals surface area contributed by atoms with Crippen LogP contribution < -0.4 is 15.8 Å². The highest BCUT2D eigenvalue weighted by Crippen LogP contribution is 2.16. The molecule has 1 unspecified atom stereocenters. The average Bonchev–Trinajstić information content (AvgIpc) is 2.41. The second kappa shape index (κ2) is 8.68. The monoisotopic (exact) mass is 327 g/mol.